The molecule has 118 valence electrons. The first-order valence-electron chi connectivity index (χ1n) is 8.18. The van der Waals surface area contributed by atoms with Crippen LogP contribution >= 0.6 is 11.8 Å². The SMILES string of the molecule is O=C(c1cncnc1)N1CC2(CC(NC3CCCC3)CS2)C1. The first-order chi connectivity index (χ1) is 10.7. The van der Waals surface area contributed by atoms with Crippen LogP contribution in [0.25, 0.3) is 0 Å². The molecule has 1 spiro atoms. The fourth-order valence-corrected chi connectivity index (χ4v) is 5.56. The van der Waals surface area contributed by atoms with Crippen LogP contribution in [0.2, 0.25) is 0 Å². The Hall–Kier alpha value is -1.14. The van der Waals surface area contributed by atoms with Crippen LogP contribution in [0.15, 0.2) is 18.7 Å². The molecule has 1 N–H and O–H groups in total. The second-order valence-corrected chi connectivity index (χ2v) is 8.32. The largest absolute Gasteiger partial charge is 0.336 e. The van der Waals surface area contributed by atoms with Gasteiger partial charge in [0.1, 0.15) is 6.33 Å². The first-order valence-corrected chi connectivity index (χ1v) is 9.17. The molecule has 1 atom stereocenters. The molecule has 3 fully saturated rings. The zero-order valence-corrected chi connectivity index (χ0v) is 13.5. The predicted molar refractivity (Wildman–Crippen MR) is 86.9 cm³/mol. The summed E-state index contributed by atoms with van der Waals surface area (Å²) in [6, 6.07) is 1.37. The monoisotopic (exact) mass is 318 g/mol. The number of thioether (sulfide) groups is 1. The molecule has 1 amide bonds. The van der Waals surface area contributed by atoms with E-state index in [1.807, 2.05) is 4.90 Å². The smallest absolute Gasteiger partial charge is 0.257 e. The zero-order valence-electron chi connectivity index (χ0n) is 12.7. The maximum absolute atomic E-state index is 12.3. The number of nitrogens with one attached hydrogen (secondary N) is 1. The van der Waals surface area contributed by atoms with E-state index < -0.39 is 0 Å². The minimum absolute atomic E-state index is 0.0685. The summed E-state index contributed by atoms with van der Waals surface area (Å²) >= 11 is 2.05. The number of nitrogens with zero attached hydrogens (tertiary/aromatic N) is 3. The lowest BCUT2D eigenvalue weighted by molar-refractivity contribution is 0.0550. The van der Waals surface area contributed by atoms with E-state index in [-0.39, 0.29) is 5.91 Å². The summed E-state index contributed by atoms with van der Waals surface area (Å²) in [7, 11) is 0. The highest BCUT2D eigenvalue weighted by molar-refractivity contribution is 8.01. The van der Waals surface area contributed by atoms with Gasteiger partial charge >= 0.3 is 0 Å². The van der Waals surface area contributed by atoms with Gasteiger partial charge in [-0.3, -0.25) is 4.79 Å². The van der Waals surface area contributed by atoms with Crippen molar-refractivity contribution in [3.8, 4) is 0 Å². The Morgan fingerprint density at radius 1 is 1.23 bits per heavy atom. The van der Waals surface area contributed by atoms with E-state index >= 15 is 0 Å². The van der Waals surface area contributed by atoms with Crippen LogP contribution in [0.4, 0.5) is 0 Å². The van der Waals surface area contributed by atoms with Crippen molar-refractivity contribution in [2.75, 3.05) is 18.8 Å². The van der Waals surface area contributed by atoms with Crippen molar-refractivity contribution in [3.63, 3.8) is 0 Å². The normalized spacial score (nSPS) is 27.3. The lowest BCUT2D eigenvalue weighted by Crippen LogP contribution is -2.61. The van der Waals surface area contributed by atoms with Gasteiger partial charge in [0, 0.05) is 43.3 Å². The van der Waals surface area contributed by atoms with Crippen LogP contribution in [-0.2, 0) is 0 Å². The summed E-state index contributed by atoms with van der Waals surface area (Å²) in [5.41, 5.74) is 0.598. The Bertz CT molecular complexity index is 540. The Kier molecular flexibility index (Phi) is 3.82. The zero-order chi connectivity index (χ0) is 15.0. The molecule has 22 heavy (non-hydrogen) atoms. The number of hydrogen-bond donors (Lipinski definition) is 1. The fourth-order valence-electron chi connectivity index (χ4n) is 3.98. The van der Waals surface area contributed by atoms with Gasteiger partial charge in [-0.25, -0.2) is 9.97 Å². The van der Waals surface area contributed by atoms with Crippen molar-refractivity contribution in [2.24, 2.45) is 0 Å². The highest BCUT2D eigenvalue weighted by atomic mass is 32.2. The molecule has 0 aromatic carbocycles. The van der Waals surface area contributed by atoms with Crippen molar-refractivity contribution in [1.29, 1.82) is 0 Å². The fraction of sp³-hybridized carbons (Fsp3) is 0.688. The first kappa shape index (κ1) is 14.5. The highest BCUT2D eigenvalue weighted by Gasteiger charge is 2.50. The third-order valence-electron chi connectivity index (χ3n) is 5.09. The van der Waals surface area contributed by atoms with Crippen molar-refractivity contribution >= 4 is 17.7 Å². The minimum Gasteiger partial charge on any atom is -0.336 e. The van der Waals surface area contributed by atoms with E-state index in [4.69, 9.17) is 0 Å². The van der Waals surface area contributed by atoms with Gasteiger partial charge in [0.15, 0.2) is 0 Å². The second kappa shape index (κ2) is 5.81. The van der Waals surface area contributed by atoms with Crippen LogP contribution in [0, 0.1) is 0 Å². The molecular formula is C16H22N4OS. The van der Waals surface area contributed by atoms with Gasteiger partial charge in [-0.15, -0.1) is 11.8 Å². The maximum atomic E-state index is 12.3. The molecule has 2 aliphatic heterocycles. The third kappa shape index (κ3) is 2.74. The summed E-state index contributed by atoms with van der Waals surface area (Å²) in [6.07, 6.45) is 11.3. The van der Waals surface area contributed by atoms with E-state index in [2.05, 4.69) is 27.0 Å². The van der Waals surface area contributed by atoms with E-state index in [9.17, 15) is 4.79 Å². The van der Waals surface area contributed by atoms with Crippen LogP contribution in [0.3, 0.4) is 0 Å². The second-order valence-electron chi connectivity index (χ2n) is 6.83. The van der Waals surface area contributed by atoms with E-state index in [0.29, 0.717) is 16.4 Å². The number of amides is 1. The topological polar surface area (TPSA) is 58.1 Å². The lowest BCUT2D eigenvalue weighted by Gasteiger charge is -2.47. The van der Waals surface area contributed by atoms with Crippen molar-refractivity contribution < 1.29 is 4.79 Å². The van der Waals surface area contributed by atoms with Gasteiger partial charge in [-0.1, -0.05) is 12.8 Å². The van der Waals surface area contributed by atoms with Crippen LogP contribution in [-0.4, -0.2) is 56.4 Å². The maximum Gasteiger partial charge on any atom is 0.257 e. The third-order valence-corrected chi connectivity index (χ3v) is 6.69. The summed E-state index contributed by atoms with van der Waals surface area (Å²) in [6.45, 7) is 1.74. The molecule has 0 radical (unpaired) electrons. The molecule has 4 rings (SSSR count). The summed E-state index contributed by atoms with van der Waals surface area (Å²) in [5, 5.41) is 3.83. The molecule has 3 aliphatic rings. The average Bonchev–Trinajstić information content (AvgIpc) is 3.16. The van der Waals surface area contributed by atoms with Crippen LogP contribution in [0.5, 0.6) is 0 Å². The number of carbonyl (C=O) groups excluding carboxylic acids is 1. The highest BCUT2D eigenvalue weighted by Crippen LogP contribution is 2.45. The standard InChI is InChI=1S/C16H22N4OS/c21-15(12-6-17-11-18-7-12)20-9-16(10-20)5-14(8-22-16)19-13-3-1-2-4-13/h6-7,11,13-14,19H,1-5,8-10H2. The number of likely N-dealkylation sites (tertiary alicyclic amines) is 1. The van der Waals surface area contributed by atoms with Gasteiger partial charge < -0.3 is 10.2 Å². The Balaban J connectivity index is 1.30. The molecule has 1 saturated carbocycles. The summed E-state index contributed by atoms with van der Waals surface area (Å²) in [4.78, 5) is 22.1. The number of aromatic nitrogens is 2. The number of carbonyl (C=O) groups is 1. The lowest BCUT2D eigenvalue weighted by atomic mass is 9.91. The minimum atomic E-state index is 0.0685. The molecule has 1 aromatic heterocycles. The van der Waals surface area contributed by atoms with Gasteiger partial charge in [-0.05, 0) is 19.3 Å². The van der Waals surface area contributed by atoms with Crippen molar-refractivity contribution in [2.45, 2.75) is 48.9 Å². The van der Waals surface area contributed by atoms with Gasteiger partial charge in [0.05, 0.1) is 10.3 Å². The number of hydrogen-bond acceptors (Lipinski definition) is 5. The van der Waals surface area contributed by atoms with Crippen molar-refractivity contribution in [3.05, 3.63) is 24.3 Å². The van der Waals surface area contributed by atoms with Crippen molar-refractivity contribution in [1.82, 2.24) is 20.2 Å². The molecular weight excluding hydrogens is 296 g/mol. The average molecular weight is 318 g/mol. The molecule has 5 nitrogen and oxygen atoms in total. The molecule has 2 saturated heterocycles. The summed E-state index contributed by atoms with van der Waals surface area (Å²) in [5.74, 6) is 1.26. The van der Waals surface area contributed by atoms with Crippen LogP contribution in [0.1, 0.15) is 42.5 Å². The van der Waals surface area contributed by atoms with Gasteiger partial charge in [0.2, 0.25) is 0 Å². The Labute approximate surface area is 135 Å². The predicted octanol–water partition coefficient (Wildman–Crippen LogP) is 1.71. The van der Waals surface area contributed by atoms with Gasteiger partial charge in [-0.2, -0.15) is 0 Å². The Morgan fingerprint density at radius 3 is 2.68 bits per heavy atom. The molecule has 6 heteroatoms. The van der Waals surface area contributed by atoms with E-state index in [1.54, 1.807) is 12.4 Å². The van der Waals surface area contributed by atoms with Crippen LogP contribution < -0.4 is 5.32 Å². The molecule has 3 heterocycles. The van der Waals surface area contributed by atoms with E-state index in [0.717, 1.165) is 19.1 Å². The quantitative estimate of drug-likeness (QED) is 0.919. The van der Waals surface area contributed by atoms with E-state index in [1.165, 1.54) is 44.2 Å². The van der Waals surface area contributed by atoms with Gasteiger partial charge in [0.25, 0.3) is 5.91 Å². The molecule has 1 aliphatic carbocycles. The molecule has 1 aromatic rings. The number of rotatable bonds is 3. The Morgan fingerprint density at radius 2 is 1.95 bits per heavy atom. The molecule has 0 bridgehead atoms. The molecule has 1 unspecified atom stereocenters. The summed E-state index contributed by atoms with van der Waals surface area (Å²) < 4.78 is 0.293.